The average Bonchev–Trinajstić information content (AvgIpc) is 3.00. The maximum Gasteiger partial charge on any atom is 0.244 e. The van der Waals surface area contributed by atoms with E-state index < -0.39 is 5.41 Å². The number of hydrogen-bond donors (Lipinski definition) is 4. The van der Waals surface area contributed by atoms with Crippen molar-refractivity contribution in [2.24, 2.45) is 5.41 Å². The molecular weight excluding hydrogens is 556 g/mol. The number of aliphatic hydroxyl groups is 1. The van der Waals surface area contributed by atoms with Crippen LogP contribution in [0.3, 0.4) is 0 Å². The van der Waals surface area contributed by atoms with Gasteiger partial charge in [0.15, 0.2) is 0 Å². The van der Waals surface area contributed by atoms with E-state index in [9.17, 15) is 19.5 Å². The Hall–Kier alpha value is -4.12. The van der Waals surface area contributed by atoms with Crippen LogP contribution in [-0.4, -0.2) is 77.4 Å². The van der Waals surface area contributed by atoms with E-state index in [1.165, 1.54) is 0 Å². The van der Waals surface area contributed by atoms with Gasteiger partial charge in [-0.2, -0.15) is 0 Å². The molecule has 44 heavy (non-hydrogen) atoms. The number of nitrogens with zero attached hydrogens (tertiary/aromatic N) is 3. The molecule has 0 unspecified atom stereocenters. The van der Waals surface area contributed by atoms with E-state index in [2.05, 4.69) is 25.8 Å². The zero-order valence-corrected chi connectivity index (χ0v) is 25.6. The molecule has 1 saturated heterocycles. The van der Waals surface area contributed by atoms with Crippen LogP contribution in [0.5, 0.6) is 0 Å². The molecule has 1 aromatic heterocycles. The van der Waals surface area contributed by atoms with Gasteiger partial charge in [-0.15, -0.1) is 0 Å². The van der Waals surface area contributed by atoms with Gasteiger partial charge in [0.25, 0.3) is 0 Å². The Bertz CT molecular complexity index is 1500. The summed E-state index contributed by atoms with van der Waals surface area (Å²) >= 11 is 0. The van der Waals surface area contributed by atoms with Crippen molar-refractivity contribution in [2.45, 2.75) is 45.7 Å². The van der Waals surface area contributed by atoms with Crippen molar-refractivity contribution in [3.8, 4) is 0 Å². The summed E-state index contributed by atoms with van der Waals surface area (Å²) in [7, 11) is 1.88. The van der Waals surface area contributed by atoms with Gasteiger partial charge in [-0.05, 0) is 79.0 Å². The number of piperidine rings is 1. The smallest absolute Gasteiger partial charge is 0.244 e. The summed E-state index contributed by atoms with van der Waals surface area (Å²) < 4.78 is 0. The second-order valence-corrected chi connectivity index (χ2v) is 12.0. The first-order chi connectivity index (χ1) is 21.3. The number of carbonyl (C=O) groups excluding carboxylic acids is 3. The van der Waals surface area contributed by atoms with E-state index >= 15 is 0 Å². The summed E-state index contributed by atoms with van der Waals surface area (Å²) in [6.45, 7) is 5.00. The minimum atomic E-state index is -0.606. The summed E-state index contributed by atoms with van der Waals surface area (Å²) in [4.78, 5) is 48.5. The first-order valence-corrected chi connectivity index (χ1v) is 15.3. The number of benzene rings is 2. The van der Waals surface area contributed by atoms with E-state index in [0.717, 1.165) is 40.9 Å². The number of aliphatic hydroxyl groups excluding tert-OH is 1. The quantitative estimate of drug-likeness (QED) is 0.283. The maximum absolute atomic E-state index is 14.2. The fourth-order valence-corrected chi connectivity index (χ4v) is 6.15. The largest absolute Gasteiger partial charge is 0.395 e. The van der Waals surface area contributed by atoms with E-state index in [1.54, 1.807) is 11.1 Å². The number of rotatable bonds is 10. The number of likely N-dealkylation sites (tertiary alicyclic amines) is 1. The van der Waals surface area contributed by atoms with Crippen LogP contribution in [0.2, 0.25) is 0 Å². The van der Waals surface area contributed by atoms with Crippen molar-refractivity contribution in [1.29, 1.82) is 0 Å². The van der Waals surface area contributed by atoms with Gasteiger partial charge in [-0.3, -0.25) is 14.4 Å². The van der Waals surface area contributed by atoms with Crippen LogP contribution >= 0.6 is 0 Å². The number of β-amino-alcohol motifs (C(OH)–C–C–N with tert-alkyl or cyclic N) is 1. The Morgan fingerprint density at radius 1 is 1.02 bits per heavy atom. The van der Waals surface area contributed by atoms with Crippen LogP contribution in [0.15, 0.2) is 60.8 Å². The van der Waals surface area contributed by atoms with Crippen molar-refractivity contribution in [3.05, 3.63) is 88.6 Å². The maximum atomic E-state index is 14.2. The zero-order valence-electron chi connectivity index (χ0n) is 25.6. The van der Waals surface area contributed by atoms with E-state index in [1.807, 2.05) is 68.6 Å². The monoisotopic (exact) mass is 598 g/mol. The van der Waals surface area contributed by atoms with Crippen molar-refractivity contribution < 1.29 is 19.5 Å². The molecule has 3 heterocycles. The van der Waals surface area contributed by atoms with Gasteiger partial charge in [0.1, 0.15) is 12.4 Å². The van der Waals surface area contributed by atoms with Crippen molar-refractivity contribution >= 4 is 29.2 Å². The number of fused-ring (bicyclic) bond motifs is 2. The molecule has 0 saturated carbocycles. The van der Waals surface area contributed by atoms with Gasteiger partial charge in [0.2, 0.25) is 17.7 Å². The Labute approximate surface area is 258 Å². The topological polar surface area (TPSA) is 127 Å². The lowest BCUT2D eigenvalue weighted by Crippen LogP contribution is -2.50. The van der Waals surface area contributed by atoms with Gasteiger partial charge in [-0.1, -0.05) is 43.3 Å². The van der Waals surface area contributed by atoms with Gasteiger partial charge < -0.3 is 30.9 Å². The zero-order chi connectivity index (χ0) is 31.1. The third-order valence-corrected chi connectivity index (χ3v) is 8.73. The van der Waals surface area contributed by atoms with E-state index in [0.29, 0.717) is 50.4 Å². The normalized spacial score (nSPS) is 16.1. The summed E-state index contributed by atoms with van der Waals surface area (Å²) in [6.07, 6.45) is 3.78. The Kier molecular flexibility index (Phi) is 10.0. The Balaban J connectivity index is 1.34. The van der Waals surface area contributed by atoms with Crippen LogP contribution in [0.4, 0.5) is 11.5 Å². The molecule has 3 aromatic rings. The molecule has 2 aromatic carbocycles. The van der Waals surface area contributed by atoms with Crippen LogP contribution in [0.1, 0.15) is 47.6 Å². The predicted octanol–water partition coefficient (Wildman–Crippen LogP) is 2.95. The van der Waals surface area contributed by atoms with Gasteiger partial charge >= 0.3 is 0 Å². The first kappa shape index (κ1) is 31.3. The van der Waals surface area contributed by atoms with Crippen LogP contribution < -0.4 is 16.0 Å². The minimum Gasteiger partial charge on any atom is -0.395 e. The summed E-state index contributed by atoms with van der Waals surface area (Å²) in [5, 5.41) is 18.4. The molecule has 10 heteroatoms. The standard InChI is InChI=1S/C34H42N6O4/c1-34(11-14-39(15-12-34)16-17-41)33(44)40(22-27-7-4-3-6-26(27)21-35-2)23-31(43)37-29-10-9-24-18-25-8-5-13-36-32(25)38-30(42)20-28(24)19-29/h3-10,13,19,35,41H,11-12,14-18,20-23H2,1-2H3,(H,37,43)(H,36,38,42). The minimum absolute atomic E-state index is 0.0438. The van der Waals surface area contributed by atoms with Gasteiger partial charge in [-0.25, -0.2) is 4.98 Å². The molecule has 0 spiro atoms. The molecule has 4 N–H and O–H groups in total. The molecule has 1 fully saturated rings. The third-order valence-electron chi connectivity index (χ3n) is 8.73. The SMILES string of the molecule is CNCc1ccccc1CN(CC(=O)Nc1ccc2c(c1)CC(=O)Nc1ncccc1C2)C(=O)C1(C)CCN(CCO)CC1. The summed E-state index contributed by atoms with van der Waals surface area (Å²) in [5.74, 6) is 0.0762. The third kappa shape index (κ3) is 7.50. The Morgan fingerprint density at radius 3 is 2.55 bits per heavy atom. The molecule has 2 aliphatic heterocycles. The summed E-state index contributed by atoms with van der Waals surface area (Å²) in [6, 6.07) is 17.4. The molecule has 0 aliphatic carbocycles. The van der Waals surface area contributed by atoms with E-state index in [4.69, 9.17) is 0 Å². The molecular formula is C34H42N6O4. The number of aromatic nitrogens is 1. The first-order valence-electron chi connectivity index (χ1n) is 15.3. The molecule has 0 radical (unpaired) electrons. The molecule has 0 atom stereocenters. The lowest BCUT2D eigenvalue weighted by Gasteiger charge is -2.41. The number of amides is 3. The number of anilines is 2. The van der Waals surface area contributed by atoms with Crippen molar-refractivity contribution in [2.75, 3.05) is 50.5 Å². The van der Waals surface area contributed by atoms with Crippen LogP contribution in [0, 0.1) is 5.41 Å². The average molecular weight is 599 g/mol. The van der Waals surface area contributed by atoms with Crippen LogP contribution in [-0.2, 0) is 40.3 Å². The second-order valence-electron chi connectivity index (χ2n) is 12.0. The lowest BCUT2D eigenvalue weighted by molar-refractivity contribution is -0.146. The fraction of sp³-hybridized carbons (Fsp3) is 0.412. The molecule has 2 aliphatic rings. The highest BCUT2D eigenvalue weighted by Crippen LogP contribution is 2.34. The highest BCUT2D eigenvalue weighted by molar-refractivity contribution is 5.96. The van der Waals surface area contributed by atoms with Crippen molar-refractivity contribution in [3.63, 3.8) is 0 Å². The molecule has 3 amide bonds. The Morgan fingerprint density at radius 2 is 1.80 bits per heavy atom. The number of carbonyl (C=O) groups is 3. The molecule has 5 rings (SSSR count). The van der Waals surface area contributed by atoms with E-state index in [-0.39, 0.29) is 37.3 Å². The van der Waals surface area contributed by atoms with Gasteiger partial charge in [0, 0.05) is 43.4 Å². The lowest BCUT2D eigenvalue weighted by atomic mass is 9.79. The molecule has 10 nitrogen and oxygen atoms in total. The van der Waals surface area contributed by atoms with Gasteiger partial charge in [0.05, 0.1) is 13.0 Å². The molecule has 0 bridgehead atoms. The molecule has 232 valence electrons. The van der Waals surface area contributed by atoms with Crippen LogP contribution in [0.25, 0.3) is 0 Å². The fourth-order valence-electron chi connectivity index (χ4n) is 6.15. The second kappa shape index (κ2) is 14.1. The number of nitrogens with one attached hydrogen (secondary N) is 3. The number of hydrogen-bond acceptors (Lipinski definition) is 7. The number of pyridine rings is 1. The van der Waals surface area contributed by atoms with Crippen molar-refractivity contribution in [1.82, 2.24) is 20.1 Å². The summed E-state index contributed by atoms with van der Waals surface area (Å²) in [5.41, 5.74) is 4.82. The highest BCUT2D eigenvalue weighted by atomic mass is 16.3. The highest BCUT2D eigenvalue weighted by Gasteiger charge is 2.40. The predicted molar refractivity (Wildman–Crippen MR) is 170 cm³/mol.